The van der Waals surface area contributed by atoms with E-state index in [1.807, 2.05) is 12.1 Å². The second-order valence-corrected chi connectivity index (χ2v) is 13.9. The van der Waals surface area contributed by atoms with Gasteiger partial charge in [0, 0.05) is 30.3 Å². The normalized spacial score (nSPS) is 14.0. The number of rotatable bonds is 7. The van der Waals surface area contributed by atoms with Crippen molar-refractivity contribution >= 4 is 36.6 Å². The molecule has 0 bridgehead atoms. The summed E-state index contributed by atoms with van der Waals surface area (Å²) >= 11 is 1.09. The summed E-state index contributed by atoms with van der Waals surface area (Å²) < 4.78 is 25.3. The Balaban J connectivity index is 2.31. The van der Waals surface area contributed by atoms with Crippen molar-refractivity contribution in [3.63, 3.8) is 0 Å². The maximum absolute atomic E-state index is 14.6. The highest BCUT2D eigenvalue weighted by Crippen LogP contribution is 2.27. The molecule has 0 radical (unpaired) electrons. The zero-order valence-corrected chi connectivity index (χ0v) is 20.3. The van der Waals surface area contributed by atoms with Crippen molar-refractivity contribution in [1.29, 1.82) is 5.26 Å². The van der Waals surface area contributed by atoms with Crippen LogP contribution in [0, 0.1) is 28.6 Å². The van der Waals surface area contributed by atoms with Gasteiger partial charge in [0.05, 0.1) is 18.2 Å². The molecule has 6 nitrogen and oxygen atoms in total. The van der Waals surface area contributed by atoms with E-state index in [9.17, 15) is 14.4 Å². The van der Waals surface area contributed by atoms with Crippen LogP contribution in [0.3, 0.4) is 0 Å². The van der Waals surface area contributed by atoms with Crippen molar-refractivity contribution in [2.45, 2.75) is 37.5 Å². The first-order valence-electron chi connectivity index (χ1n) is 9.54. The molecule has 0 aliphatic heterocycles. The summed E-state index contributed by atoms with van der Waals surface area (Å²) in [5, 5.41) is 12.6. The number of carbonyl (C=O) groups excluding carboxylic acids is 1. The van der Waals surface area contributed by atoms with Crippen LogP contribution in [0.5, 0.6) is 5.75 Å². The standard InChI is InChI=1S/C22H26FN3O3SSi/c1-22(13-24,14-28-2)26-20(27)21(30-3)29-19-10-16-9-15(7-8-31(4,5)6)12-25-18(16)11-17(19)23/h9-12,21H,14H2,1-6H3,(H,26,27). The Morgan fingerprint density at radius 2 is 2.10 bits per heavy atom. The van der Waals surface area contributed by atoms with Crippen LogP contribution in [-0.4, -0.2) is 49.9 Å². The van der Waals surface area contributed by atoms with Gasteiger partial charge in [-0.15, -0.1) is 17.3 Å². The maximum Gasteiger partial charge on any atom is 0.273 e. The van der Waals surface area contributed by atoms with Gasteiger partial charge < -0.3 is 14.8 Å². The van der Waals surface area contributed by atoms with E-state index in [1.165, 1.54) is 26.2 Å². The van der Waals surface area contributed by atoms with E-state index in [1.54, 1.807) is 12.5 Å². The fraction of sp³-hybridized carbons (Fsp3) is 0.409. The molecule has 0 aliphatic rings. The number of halogens is 1. The average Bonchev–Trinajstić information content (AvgIpc) is 2.70. The van der Waals surface area contributed by atoms with Crippen LogP contribution in [-0.2, 0) is 9.53 Å². The van der Waals surface area contributed by atoms with Crippen LogP contribution in [0.1, 0.15) is 12.5 Å². The molecule has 2 unspecified atom stereocenters. The third kappa shape index (κ3) is 6.96. The molecule has 0 saturated carbocycles. The Hall–Kier alpha value is -2.59. The molecule has 0 saturated heterocycles. The van der Waals surface area contributed by atoms with Crippen LogP contribution in [0.2, 0.25) is 19.6 Å². The predicted octanol–water partition coefficient (Wildman–Crippen LogP) is 3.72. The third-order valence-corrected chi connectivity index (χ3v) is 5.67. The molecular weight excluding hydrogens is 433 g/mol. The molecule has 1 amide bonds. The Morgan fingerprint density at radius 3 is 2.68 bits per heavy atom. The summed E-state index contributed by atoms with van der Waals surface area (Å²) in [6.45, 7) is 7.98. The average molecular weight is 460 g/mol. The number of amides is 1. The number of ether oxygens (including phenoxy) is 2. The molecule has 1 N–H and O–H groups in total. The lowest BCUT2D eigenvalue weighted by molar-refractivity contribution is -0.126. The number of methoxy groups -OCH3 is 1. The smallest absolute Gasteiger partial charge is 0.273 e. The molecule has 0 fully saturated rings. The topological polar surface area (TPSA) is 84.2 Å². The van der Waals surface area contributed by atoms with Gasteiger partial charge in [-0.25, -0.2) is 4.39 Å². The highest BCUT2D eigenvalue weighted by molar-refractivity contribution is 7.99. The molecule has 1 aromatic heterocycles. The number of thioether (sulfide) groups is 1. The van der Waals surface area contributed by atoms with E-state index in [2.05, 4.69) is 41.4 Å². The lowest BCUT2D eigenvalue weighted by atomic mass is 10.1. The van der Waals surface area contributed by atoms with Crippen molar-refractivity contribution in [1.82, 2.24) is 10.3 Å². The van der Waals surface area contributed by atoms with Gasteiger partial charge in [0.25, 0.3) is 5.91 Å². The Morgan fingerprint density at radius 1 is 1.39 bits per heavy atom. The van der Waals surface area contributed by atoms with Crippen LogP contribution < -0.4 is 10.1 Å². The van der Waals surface area contributed by atoms with Gasteiger partial charge in [0.1, 0.15) is 13.6 Å². The molecular formula is C22H26FN3O3SSi. The molecule has 1 aromatic carbocycles. The summed E-state index contributed by atoms with van der Waals surface area (Å²) in [6, 6.07) is 6.59. The molecule has 164 valence electrons. The Bertz CT molecular complexity index is 1070. The SMILES string of the molecule is COCC(C)(C#N)NC(=O)C(Oc1cc2cc(C#C[Si](C)(C)C)cnc2cc1F)SC. The lowest BCUT2D eigenvalue weighted by Gasteiger charge is -2.25. The van der Waals surface area contributed by atoms with Gasteiger partial charge >= 0.3 is 0 Å². The number of hydrogen-bond donors (Lipinski definition) is 1. The Labute approximate surface area is 187 Å². The fourth-order valence-corrected chi connectivity index (χ4v) is 3.58. The first-order valence-corrected chi connectivity index (χ1v) is 14.3. The van der Waals surface area contributed by atoms with Gasteiger partial charge in [-0.05, 0) is 25.3 Å². The minimum atomic E-state index is -1.55. The van der Waals surface area contributed by atoms with Gasteiger partial charge in [-0.2, -0.15) is 5.26 Å². The molecule has 1 heterocycles. The van der Waals surface area contributed by atoms with Gasteiger partial charge in [-0.1, -0.05) is 25.6 Å². The molecule has 0 aliphatic carbocycles. The number of aromatic nitrogens is 1. The minimum Gasteiger partial charge on any atom is -0.467 e. The summed E-state index contributed by atoms with van der Waals surface area (Å²) in [4.78, 5) is 16.9. The van der Waals surface area contributed by atoms with Gasteiger partial charge in [-0.3, -0.25) is 9.78 Å². The lowest BCUT2D eigenvalue weighted by Crippen LogP contribution is -2.52. The van der Waals surface area contributed by atoms with E-state index in [0.717, 1.165) is 17.3 Å². The van der Waals surface area contributed by atoms with E-state index in [0.29, 0.717) is 10.9 Å². The van der Waals surface area contributed by atoms with Crippen molar-refractivity contribution < 1.29 is 18.7 Å². The minimum absolute atomic E-state index is 0.00752. The summed E-state index contributed by atoms with van der Waals surface area (Å²) in [5.74, 6) is 1.86. The van der Waals surface area contributed by atoms with Crippen molar-refractivity contribution in [3.8, 4) is 23.3 Å². The van der Waals surface area contributed by atoms with Gasteiger partial charge in [0.2, 0.25) is 5.44 Å². The monoisotopic (exact) mass is 459 g/mol. The van der Waals surface area contributed by atoms with Crippen LogP contribution in [0.4, 0.5) is 4.39 Å². The van der Waals surface area contributed by atoms with Crippen molar-refractivity contribution in [3.05, 3.63) is 35.8 Å². The molecule has 2 aromatic rings. The van der Waals surface area contributed by atoms with E-state index in [4.69, 9.17) is 9.47 Å². The number of carbonyl (C=O) groups is 1. The quantitative estimate of drug-likeness (QED) is 0.386. The van der Waals surface area contributed by atoms with Crippen LogP contribution >= 0.6 is 11.8 Å². The number of nitrogens with zero attached hydrogens (tertiary/aromatic N) is 2. The zero-order chi connectivity index (χ0) is 23.2. The number of hydrogen-bond acceptors (Lipinski definition) is 6. The maximum atomic E-state index is 14.6. The highest BCUT2D eigenvalue weighted by Gasteiger charge is 2.31. The summed E-state index contributed by atoms with van der Waals surface area (Å²) in [7, 11) is -0.113. The predicted molar refractivity (Wildman–Crippen MR) is 124 cm³/mol. The first-order chi connectivity index (χ1) is 14.5. The highest BCUT2D eigenvalue weighted by atomic mass is 32.2. The molecule has 0 spiro atoms. The molecule has 2 atom stereocenters. The van der Waals surface area contributed by atoms with Crippen LogP contribution in [0.15, 0.2) is 24.4 Å². The largest absolute Gasteiger partial charge is 0.467 e. The number of pyridine rings is 1. The molecule has 2 rings (SSSR count). The van der Waals surface area contributed by atoms with Crippen LogP contribution in [0.25, 0.3) is 10.9 Å². The fourth-order valence-electron chi connectivity index (χ4n) is 2.59. The first kappa shape index (κ1) is 24.7. The number of fused-ring (bicyclic) bond motifs is 1. The molecule has 31 heavy (non-hydrogen) atoms. The summed E-state index contributed by atoms with van der Waals surface area (Å²) in [5.41, 5.74) is 2.19. The third-order valence-electron chi connectivity index (χ3n) is 4.06. The van der Waals surface area contributed by atoms with Crippen molar-refractivity contribution in [2.75, 3.05) is 20.0 Å². The Kier molecular flexibility index (Phi) is 8.07. The van der Waals surface area contributed by atoms with Gasteiger partial charge in [0.15, 0.2) is 11.6 Å². The number of nitrogens with one attached hydrogen (secondary N) is 1. The van der Waals surface area contributed by atoms with E-state index < -0.39 is 30.8 Å². The second-order valence-electron chi connectivity index (χ2n) is 8.25. The summed E-state index contributed by atoms with van der Waals surface area (Å²) in [6.07, 6.45) is 3.28. The van der Waals surface area contributed by atoms with E-state index >= 15 is 0 Å². The second kappa shape index (κ2) is 10.1. The molecule has 9 heteroatoms. The number of benzene rings is 1. The number of nitriles is 1. The van der Waals surface area contributed by atoms with E-state index in [-0.39, 0.29) is 12.4 Å². The van der Waals surface area contributed by atoms with Crippen molar-refractivity contribution in [2.24, 2.45) is 0 Å². The zero-order valence-electron chi connectivity index (χ0n) is 18.5.